The highest BCUT2D eigenvalue weighted by Crippen LogP contribution is 2.13. The van der Waals surface area contributed by atoms with E-state index in [1.165, 1.54) is 6.20 Å². The van der Waals surface area contributed by atoms with Gasteiger partial charge in [0.2, 0.25) is 5.91 Å². The number of nitrogens with one attached hydrogen (secondary N) is 2. The molecule has 0 unspecified atom stereocenters. The fourth-order valence-corrected chi connectivity index (χ4v) is 2.89. The molecule has 0 bridgehead atoms. The van der Waals surface area contributed by atoms with Crippen molar-refractivity contribution < 1.29 is 14.7 Å². The number of pyridine rings is 2. The maximum Gasteiger partial charge on any atom is 0.405 e. The van der Waals surface area contributed by atoms with Crippen molar-refractivity contribution in [3.05, 3.63) is 90.0 Å². The molecule has 7 heteroatoms. The normalized spacial score (nSPS) is 11.7. The van der Waals surface area contributed by atoms with E-state index in [0.29, 0.717) is 18.5 Å². The molecule has 3 rings (SSSR count). The standard InChI is InChI=1S/C23H22N4O3/c28-22(21(27-23(29)30)9-8-17-4-2-1-3-5-17)26-20-14-19(15-25-16-20)7-6-18-10-12-24-13-11-18/h1-7,10-16,21,27H,8-9H2,(H,26,28)(H,29,30)/b7-6+/t21-/m0/s1. The van der Waals surface area contributed by atoms with Crippen LogP contribution in [0.15, 0.2) is 73.3 Å². The van der Waals surface area contributed by atoms with Crippen molar-refractivity contribution in [2.45, 2.75) is 18.9 Å². The molecule has 2 amide bonds. The van der Waals surface area contributed by atoms with Crippen LogP contribution in [-0.4, -0.2) is 33.1 Å². The predicted molar refractivity (Wildman–Crippen MR) is 116 cm³/mol. The monoisotopic (exact) mass is 402 g/mol. The zero-order valence-electron chi connectivity index (χ0n) is 16.2. The Morgan fingerprint density at radius 1 is 0.967 bits per heavy atom. The predicted octanol–water partition coefficient (Wildman–Crippen LogP) is 3.85. The van der Waals surface area contributed by atoms with Crippen LogP contribution in [0.5, 0.6) is 0 Å². The maximum absolute atomic E-state index is 12.7. The molecule has 0 fully saturated rings. The van der Waals surface area contributed by atoms with E-state index in [-0.39, 0.29) is 0 Å². The second-order valence-electron chi connectivity index (χ2n) is 6.64. The Bertz CT molecular complexity index is 1010. The number of rotatable bonds is 8. The van der Waals surface area contributed by atoms with Crippen LogP contribution >= 0.6 is 0 Å². The third-order valence-corrected chi connectivity index (χ3v) is 4.38. The number of aryl methyl sites for hydroxylation is 1. The van der Waals surface area contributed by atoms with Gasteiger partial charge < -0.3 is 15.7 Å². The molecule has 3 N–H and O–H groups in total. The summed E-state index contributed by atoms with van der Waals surface area (Å²) in [5, 5.41) is 14.1. The molecule has 152 valence electrons. The smallest absolute Gasteiger partial charge is 0.405 e. The molecule has 0 radical (unpaired) electrons. The number of carboxylic acid groups (broad SMARTS) is 1. The summed E-state index contributed by atoms with van der Waals surface area (Å²) in [6, 6.07) is 14.3. The first-order valence-corrected chi connectivity index (χ1v) is 9.47. The van der Waals surface area contributed by atoms with Crippen LogP contribution < -0.4 is 10.6 Å². The fraction of sp³-hybridized carbons (Fsp3) is 0.130. The van der Waals surface area contributed by atoms with Crippen molar-refractivity contribution in [2.75, 3.05) is 5.32 Å². The average molecular weight is 402 g/mol. The van der Waals surface area contributed by atoms with Gasteiger partial charge in [-0.25, -0.2) is 4.79 Å². The van der Waals surface area contributed by atoms with Crippen LogP contribution in [0.4, 0.5) is 10.5 Å². The van der Waals surface area contributed by atoms with Gasteiger partial charge in [0.25, 0.3) is 0 Å². The molecular weight excluding hydrogens is 380 g/mol. The molecule has 30 heavy (non-hydrogen) atoms. The number of nitrogens with zero attached hydrogens (tertiary/aromatic N) is 2. The minimum absolute atomic E-state index is 0.344. The molecule has 1 aromatic carbocycles. The second kappa shape index (κ2) is 10.5. The van der Waals surface area contributed by atoms with Gasteiger partial charge in [-0.15, -0.1) is 0 Å². The molecule has 0 aliphatic rings. The molecule has 2 heterocycles. The van der Waals surface area contributed by atoms with Crippen molar-refractivity contribution in [3.8, 4) is 0 Å². The van der Waals surface area contributed by atoms with E-state index in [1.54, 1.807) is 24.7 Å². The van der Waals surface area contributed by atoms with Gasteiger partial charge in [-0.2, -0.15) is 0 Å². The number of carbonyl (C=O) groups is 2. The molecular formula is C23H22N4O3. The van der Waals surface area contributed by atoms with Crippen molar-refractivity contribution in [3.63, 3.8) is 0 Å². The first kappa shape index (κ1) is 20.7. The highest BCUT2D eigenvalue weighted by atomic mass is 16.4. The van der Waals surface area contributed by atoms with E-state index in [4.69, 9.17) is 5.11 Å². The number of aromatic nitrogens is 2. The molecule has 3 aromatic rings. The minimum Gasteiger partial charge on any atom is -0.465 e. The van der Waals surface area contributed by atoms with Gasteiger partial charge in [0.1, 0.15) is 6.04 Å². The highest BCUT2D eigenvalue weighted by Gasteiger charge is 2.20. The van der Waals surface area contributed by atoms with E-state index < -0.39 is 18.0 Å². The van der Waals surface area contributed by atoms with Crippen LogP contribution in [-0.2, 0) is 11.2 Å². The summed E-state index contributed by atoms with van der Waals surface area (Å²) < 4.78 is 0. The van der Waals surface area contributed by atoms with Crippen LogP contribution in [0.1, 0.15) is 23.1 Å². The summed E-state index contributed by atoms with van der Waals surface area (Å²) in [7, 11) is 0. The zero-order valence-corrected chi connectivity index (χ0v) is 16.2. The minimum atomic E-state index is -1.24. The number of hydrogen-bond donors (Lipinski definition) is 3. The molecule has 7 nitrogen and oxygen atoms in total. The van der Waals surface area contributed by atoms with Crippen molar-refractivity contribution in [2.24, 2.45) is 0 Å². The van der Waals surface area contributed by atoms with Gasteiger partial charge >= 0.3 is 6.09 Å². The Hall–Kier alpha value is -4.00. The average Bonchev–Trinajstić information content (AvgIpc) is 2.76. The van der Waals surface area contributed by atoms with E-state index in [9.17, 15) is 9.59 Å². The Labute approximate surface area is 174 Å². The maximum atomic E-state index is 12.7. The lowest BCUT2D eigenvalue weighted by Gasteiger charge is -2.17. The van der Waals surface area contributed by atoms with E-state index >= 15 is 0 Å². The van der Waals surface area contributed by atoms with E-state index in [2.05, 4.69) is 20.6 Å². The Morgan fingerprint density at radius 3 is 2.43 bits per heavy atom. The summed E-state index contributed by atoms with van der Waals surface area (Å²) in [6.07, 6.45) is 10.1. The number of carbonyl (C=O) groups excluding carboxylic acids is 1. The Kier molecular flexibility index (Phi) is 7.27. The lowest BCUT2D eigenvalue weighted by Crippen LogP contribution is -2.43. The third kappa shape index (κ3) is 6.56. The number of anilines is 1. The summed E-state index contributed by atoms with van der Waals surface area (Å²) in [6.45, 7) is 0. The first-order chi connectivity index (χ1) is 14.6. The van der Waals surface area contributed by atoms with Crippen LogP contribution in [0, 0.1) is 0 Å². The second-order valence-corrected chi connectivity index (χ2v) is 6.64. The Balaban J connectivity index is 1.65. The summed E-state index contributed by atoms with van der Waals surface area (Å²) in [5.41, 5.74) is 3.32. The lowest BCUT2D eigenvalue weighted by molar-refractivity contribution is -0.118. The molecule has 0 spiro atoms. The van der Waals surface area contributed by atoms with Crippen LogP contribution in [0.25, 0.3) is 12.2 Å². The molecule has 0 saturated heterocycles. The van der Waals surface area contributed by atoms with Gasteiger partial charge in [0.05, 0.1) is 11.9 Å². The van der Waals surface area contributed by atoms with E-state index in [1.807, 2.05) is 54.6 Å². The van der Waals surface area contributed by atoms with Gasteiger partial charge in [0, 0.05) is 18.6 Å². The van der Waals surface area contributed by atoms with Crippen LogP contribution in [0.3, 0.4) is 0 Å². The van der Waals surface area contributed by atoms with Crippen LogP contribution in [0.2, 0.25) is 0 Å². The molecule has 2 aromatic heterocycles. The quantitative estimate of drug-likeness (QED) is 0.531. The third-order valence-electron chi connectivity index (χ3n) is 4.38. The Morgan fingerprint density at radius 2 is 1.70 bits per heavy atom. The van der Waals surface area contributed by atoms with Crippen molar-refractivity contribution in [1.82, 2.24) is 15.3 Å². The molecule has 0 aliphatic heterocycles. The summed E-state index contributed by atoms with van der Waals surface area (Å²) >= 11 is 0. The van der Waals surface area contributed by atoms with Gasteiger partial charge in [-0.05, 0) is 47.7 Å². The van der Waals surface area contributed by atoms with Crippen molar-refractivity contribution >= 4 is 29.8 Å². The van der Waals surface area contributed by atoms with Gasteiger partial charge in [0.15, 0.2) is 0 Å². The lowest BCUT2D eigenvalue weighted by atomic mass is 10.0. The number of benzene rings is 1. The fourth-order valence-electron chi connectivity index (χ4n) is 2.89. The van der Waals surface area contributed by atoms with E-state index in [0.717, 1.165) is 16.7 Å². The first-order valence-electron chi connectivity index (χ1n) is 9.47. The SMILES string of the molecule is O=C(O)N[C@@H](CCc1ccccc1)C(=O)Nc1cncc(/C=C/c2ccncc2)c1. The largest absolute Gasteiger partial charge is 0.465 e. The number of hydrogen-bond acceptors (Lipinski definition) is 4. The van der Waals surface area contributed by atoms with Crippen molar-refractivity contribution in [1.29, 1.82) is 0 Å². The van der Waals surface area contributed by atoms with Gasteiger partial charge in [-0.3, -0.25) is 14.8 Å². The number of amides is 2. The molecule has 0 saturated carbocycles. The zero-order chi connectivity index (χ0) is 21.2. The topological polar surface area (TPSA) is 104 Å². The molecule has 0 aliphatic carbocycles. The summed E-state index contributed by atoms with van der Waals surface area (Å²) in [4.78, 5) is 31.9. The molecule has 1 atom stereocenters. The summed E-state index contributed by atoms with van der Waals surface area (Å²) in [5.74, 6) is -0.426. The van der Waals surface area contributed by atoms with Gasteiger partial charge in [-0.1, -0.05) is 42.5 Å². The highest BCUT2D eigenvalue weighted by molar-refractivity contribution is 5.96.